The number of nitrogens with one attached hydrogen (secondary N) is 1. The molecule has 4 heteroatoms. The largest absolute Gasteiger partial charge is 0.313 e. The van der Waals surface area contributed by atoms with Crippen molar-refractivity contribution in [2.24, 2.45) is 0 Å². The quantitative estimate of drug-likeness (QED) is 0.916. The summed E-state index contributed by atoms with van der Waals surface area (Å²) in [6, 6.07) is 6.83. The van der Waals surface area contributed by atoms with Crippen LogP contribution in [-0.2, 0) is 6.42 Å². The Morgan fingerprint density at radius 3 is 3.28 bits per heavy atom. The Hall–Kier alpha value is -1.00. The van der Waals surface area contributed by atoms with Crippen LogP contribution in [-0.4, -0.2) is 33.5 Å². The molecule has 2 aromatic heterocycles. The van der Waals surface area contributed by atoms with E-state index in [1.807, 2.05) is 12.1 Å². The number of hydrogen-bond acceptors (Lipinski definition) is 3. The van der Waals surface area contributed by atoms with Crippen LogP contribution >= 0.6 is 11.8 Å². The molecule has 1 N–H and O–H groups in total. The van der Waals surface area contributed by atoms with Gasteiger partial charge in [-0.1, -0.05) is 6.07 Å². The van der Waals surface area contributed by atoms with Crippen molar-refractivity contribution in [2.45, 2.75) is 25.3 Å². The maximum atomic E-state index is 4.61. The van der Waals surface area contributed by atoms with Crippen molar-refractivity contribution in [1.29, 1.82) is 0 Å². The Labute approximate surface area is 112 Å². The zero-order chi connectivity index (χ0) is 12.2. The minimum absolute atomic E-state index is 0.709. The van der Waals surface area contributed by atoms with Gasteiger partial charge in [0.1, 0.15) is 5.65 Å². The molecule has 1 atom stereocenters. The Bertz CT molecular complexity index is 469. The number of nitrogens with zero attached hydrogens (tertiary/aromatic N) is 2. The van der Waals surface area contributed by atoms with Gasteiger partial charge in [0, 0.05) is 37.2 Å². The van der Waals surface area contributed by atoms with Gasteiger partial charge in [0.25, 0.3) is 0 Å². The molecule has 0 spiro atoms. The third-order valence-electron chi connectivity index (χ3n) is 3.39. The van der Waals surface area contributed by atoms with Gasteiger partial charge in [-0.25, -0.2) is 4.98 Å². The average Bonchev–Trinajstić information content (AvgIpc) is 2.82. The molecule has 1 aliphatic rings. The molecule has 0 aliphatic carbocycles. The summed E-state index contributed by atoms with van der Waals surface area (Å²) in [6.07, 6.45) is 7.89. The third kappa shape index (κ3) is 2.87. The SMILES string of the molecule is c1ccn2cc(CCN[C@@H]3CCCSC3)nc2c1. The highest BCUT2D eigenvalue weighted by molar-refractivity contribution is 7.99. The first-order valence-electron chi connectivity index (χ1n) is 6.65. The molecule has 2 aromatic rings. The van der Waals surface area contributed by atoms with E-state index in [-0.39, 0.29) is 0 Å². The maximum Gasteiger partial charge on any atom is 0.136 e. The highest BCUT2D eigenvalue weighted by atomic mass is 32.2. The molecule has 3 nitrogen and oxygen atoms in total. The standard InChI is InChI=1S/C14H19N3S/c1-2-8-17-10-12(16-14(17)5-1)6-7-15-13-4-3-9-18-11-13/h1-2,5,8,10,13,15H,3-4,6-7,9,11H2/t13-/m1/s1. The molecule has 0 unspecified atom stereocenters. The van der Waals surface area contributed by atoms with E-state index < -0.39 is 0 Å². The molecule has 1 fully saturated rings. The molecule has 0 bridgehead atoms. The molecule has 0 saturated carbocycles. The fourth-order valence-corrected chi connectivity index (χ4v) is 3.52. The van der Waals surface area contributed by atoms with Crippen molar-refractivity contribution in [2.75, 3.05) is 18.1 Å². The maximum absolute atomic E-state index is 4.61. The van der Waals surface area contributed by atoms with Crippen LogP contribution in [0.5, 0.6) is 0 Å². The number of aromatic nitrogens is 2. The summed E-state index contributed by atoms with van der Waals surface area (Å²) >= 11 is 2.07. The smallest absolute Gasteiger partial charge is 0.136 e. The minimum Gasteiger partial charge on any atom is -0.313 e. The summed E-state index contributed by atoms with van der Waals surface area (Å²) in [5.41, 5.74) is 2.22. The third-order valence-corrected chi connectivity index (χ3v) is 4.60. The predicted molar refractivity (Wildman–Crippen MR) is 77.2 cm³/mol. The minimum atomic E-state index is 0.709. The Kier molecular flexibility index (Phi) is 3.86. The van der Waals surface area contributed by atoms with Gasteiger partial charge >= 0.3 is 0 Å². The van der Waals surface area contributed by atoms with Crippen LogP contribution in [0.1, 0.15) is 18.5 Å². The lowest BCUT2D eigenvalue weighted by molar-refractivity contribution is 0.510. The van der Waals surface area contributed by atoms with Crippen LogP contribution in [0.4, 0.5) is 0 Å². The molecule has 1 aliphatic heterocycles. The van der Waals surface area contributed by atoms with Crippen LogP contribution in [0.25, 0.3) is 5.65 Å². The van der Waals surface area contributed by atoms with E-state index in [1.54, 1.807) is 0 Å². The van der Waals surface area contributed by atoms with Gasteiger partial charge in [-0.3, -0.25) is 0 Å². The molecular formula is C14H19N3S. The van der Waals surface area contributed by atoms with E-state index >= 15 is 0 Å². The van der Waals surface area contributed by atoms with E-state index in [0.717, 1.165) is 18.6 Å². The summed E-state index contributed by atoms with van der Waals surface area (Å²) in [5.74, 6) is 2.61. The number of imidazole rings is 1. The van der Waals surface area contributed by atoms with Crippen LogP contribution < -0.4 is 5.32 Å². The predicted octanol–water partition coefficient (Wildman–Crippen LogP) is 2.36. The van der Waals surface area contributed by atoms with Gasteiger partial charge < -0.3 is 9.72 Å². The van der Waals surface area contributed by atoms with E-state index in [9.17, 15) is 0 Å². The van der Waals surface area contributed by atoms with E-state index in [4.69, 9.17) is 0 Å². The lowest BCUT2D eigenvalue weighted by atomic mass is 10.2. The van der Waals surface area contributed by atoms with Crippen molar-refractivity contribution in [3.05, 3.63) is 36.3 Å². The molecule has 18 heavy (non-hydrogen) atoms. The van der Waals surface area contributed by atoms with Gasteiger partial charge in [0.15, 0.2) is 0 Å². The number of fused-ring (bicyclic) bond motifs is 1. The lowest BCUT2D eigenvalue weighted by Gasteiger charge is -2.22. The second-order valence-electron chi connectivity index (χ2n) is 4.82. The summed E-state index contributed by atoms with van der Waals surface area (Å²) in [6.45, 7) is 1.04. The average molecular weight is 261 g/mol. The molecule has 0 amide bonds. The number of thioether (sulfide) groups is 1. The molecule has 0 radical (unpaired) electrons. The summed E-state index contributed by atoms with van der Waals surface area (Å²) in [5, 5.41) is 3.64. The molecule has 3 heterocycles. The second-order valence-corrected chi connectivity index (χ2v) is 5.97. The van der Waals surface area contributed by atoms with Crippen molar-refractivity contribution < 1.29 is 0 Å². The highest BCUT2D eigenvalue weighted by Crippen LogP contribution is 2.16. The molecular weight excluding hydrogens is 242 g/mol. The van der Waals surface area contributed by atoms with Gasteiger partial charge in [0.2, 0.25) is 0 Å². The first-order valence-corrected chi connectivity index (χ1v) is 7.81. The van der Waals surface area contributed by atoms with E-state index in [1.165, 1.54) is 30.0 Å². The van der Waals surface area contributed by atoms with Gasteiger partial charge in [0.05, 0.1) is 5.69 Å². The number of hydrogen-bond donors (Lipinski definition) is 1. The fourth-order valence-electron chi connectivity index (χ4n) is 2.41. The van der Waals surface area contributed by atoms with Crippen molar-refractivity contribution in [3.8, 4) is 0 Å². The molecule has 1 saturated heterocycles. The second kappa shape index (κ2) is 5.76. The Morgan fingerprint density at radius 1 is 1.44 bits per heavy atom. The van der Waals surface area contributed by atoms with Crippen LogP contribution in [0, 0.1) is 0 Å². The van der Waals surface area contributed by atoms with Crippen LogP contribution in [0.2, 0.25) is 0 Å². The normalized spacial score (nSPS) is 20.3. The first kappa shape index (κ1) is 12.1. The zero-order valence-corrected chi connectivity index (χ0v) is 11.3. The number of rotatable bonds is 4. The van der Waals surface area contributed by atoms with Crippen LogP contribution in [0.15, 0.2) is 30.6 Å². The lowest BCUT2D eigenvalue weighted by Crippen LogP contribution is -2.35. The van der Waals surface area contributed by atoms with Crippen molar-refractivity contribution in [1.82, 2.24) is 14.7 Å². The van der Waals surface area contributed by atoms with Gasteiger partial charge in [-0.15, -0.1) is 0 Å². The van der Waals surface area contributed by atoms with E-state index in [2.05, 4.69) is 44.9 Å². The fraction of sp³-hybridized carbons (Fsp3) is 0.500. The first-order chi connectivity index (χ1) is 8.92. The van der Waals surface area contributed by atoms with Gasteiger partial charge in [-0.05, 0) is 30.7 Å². The molecule has 0 aromatic carbocycles. The van der Waals surface area contributed by atoms with Gasteiger partial charge in [-0.2, -0.15) is 11.8 Å². The summed E-state index contributed by atoms with van der Waals surface area (Å²) in [7, 11) is 0. The summed E-state index contributed by atoms with van der Waals surface area (Å²) < 4.78 is 2.09. The zero-order valence-electron chi connectivity index (χ0n) is 10.5. The van der Waals surface area contributed by atoms with Crippen LogP contribution in [0.3, 0.4) is 0 Å². The topological polar surface area (TPSA) is 29.3 Å². The monoisotopic (exact) mass is 261 g/mol. The highest BCUT2D eigenvalue weighted by Gasteiger charge is 2.12. The van der Waals surface area contributed by atoms with Crippen molar-refractivity contribution in [3.63, 3.8) is 0 Å². The summed E-state index contributed by atoms with van der Waals surface area (Å²) in [4.78, 5) is 4.61. The Balaban J connectivity index is 1.53. The molecule has 3 rings (SSSR count). The Morgan fingerprint density at radius 2 is 2.44 bits per heavy atom. The molecule has 96 valence electrons. The van der Waals surface area contributed by atoms with Crippen molar-refractivity contribution >= 4 is 17.4 Å². The van der Waals surface area contributed by atoms with E-state index in [0.29, 0.717) is 6.04 Å². The number of pyridine rings is 1.